The number of methoxy groups -OCH3 is 2. The minimum Gasteiger partial charge on any atom is -0.432 e. The van der Waals surface area contributed by atoms with Crippen LogP contribution in [-0.4, -0.2) is 135 Å². The number of nitrogens with zero attached hydrogens (tertiary/aromatic N) is 1. The Morgan fingerprint density at radius 2 is 1.51 bits per heavy atom. The average molecular weight is 675 g/mol. The highest BCUT2D eigenvalue weighted by atomic mass is 31.2. The van der Waals surface area contributed by atoms with E-state index in [-0.39, 0.29) is 44.9 Å². The fraction of sp³-hybridized carbons (Fsp3) is 0.800. The van der Waals surface area contributed by atoms with Crippen LogP contribution in [0.3, 0.4) is 0 Å². The molecule has 5 atom stereocenters. The second-order valence-electron chi connectivity index (χ2n) is 9.67. The number of fused-ring (bicyclic) bond motifs is 1. The fourth-order valence-electron chi connectivity index (χ4n) is 4.58. The number of carbonyl (C=O) groups excluding carboxylic acids is 3. The number of carbonyl (C=O) groups is 3. The van der Waals surface area contributed by atoms with Gasteiger partial charge in [-0.3, -0.25) is 9.32 Å². The molecule has 45 heavy (non-hydrogen) atoms. The van der Waals surface area contributed by atoms with E-state index in [1.807, 2.05) is 0 Å². The van der Waals surface area contributed by atoms with Gasteiger partial charge < -0.3 is 52.8 Å². The number of hydrogen-bond donors (Lipinski definition) is 1. The molecule has 0 aromatic carbocycles. The number of phosphoric ester groups is 1. The Morgan fingerprint density at radius 1 is 0.956 bits per heavy atom. The van der Waals surface area contributed by atoms with Crippen molar-refractivity contribution in [3.05, 3.63) is 12.3 Å². The van der Waals surface area contributed by atoms with Gasteiger partial charge in [0.05, 0.1) is 46.3 Å². The number of phosphoric acid groups is 1. The first-order chi connectivity index (χ1) is 21.7. The van der Waals surface area contributed by atoms with E-state index in [0.29, 0.717) is 26.4 Å². The van der Waals surface area contributed by atoms with Crippen molar-refractivity contribution in [1.82, 2.24) is 10.2 Å². The fourth-order valence-corrected chi connectivity index (χ4v) is 5.73. The molecule has 2 heterocycles. The van der Waals surface area contributed by atoms with Gasteiger partial charge in [0.1, 0.15) is 37.8 Å². The Hall–Kier alpha value is -2.61. The van der Waals surface area contributed by atoms with Crippen LogP contribution in [0.5, 0.6) is 0 Å². The number of alkyl halides is 1. The summed E-state index contributed by atoms with van der Waals surface area (Å²) in [4.78, 5) is 36.9. The minimum absolute atomic E-state index is 0.0733. The molecule has 0 spiro atoms. The van der Waals surface area contributed by atoms with Gasteiger partial charge in [0.25, 0.3) is 0 Å². The highest BCUT2D eigenvalue weighted by Gasteiger charge is 2.77. The van der Waals surface area contributed by atoms with Gasteiger partial charge in [-0.15, -0.1) is 0 Å². The van der Waals surface area contributed by atoms with Crippen LogP contribution >= 0.6 is 7.82 Å². The molecule has 20 heteroatoms. The number of nitrogens with one attached hydrogen (secondary N) is 1. The highest BCUT2D eigenvalue weighted by molar-refractivity contribution is 7.48. The van der Waals surface area contributed by atoms with Crippen LogP contribution in [0.15, 0.2) is 12.3 Å². The Kier molecular flexibility index (Phi) is 15.2. The highest BCUT2D eigenvalue weighted by Crippen LogP contribution is 2.67. The van der Waals surface area contributed by atoms with Crippen molar-refractivity contribution < 1.29 is 79.5 Å². The second kappa shape index (κ2) is 18.5. The van der Waals surface area contributed by atoms with E-state index in [1.165, 1.54) is 26.5 Å². The monoisotopic (exact) mass is 674 g/mol. The number of rotatable bonds is 22. The molecule has 0 aromatic rings. The molecular formula is C25H40FN2O16P. The van der Waals surface area contributed by atoms with E-state index in [1.54, 1.807) is 11.8 Å². The van der Waals surface area contributed by atoms with Crippen molar-refractivity contribution in [3.63, 3.8) is 0 Å². The molecule has 18 nitrogen and oxygen atoms in total. The summed E-state index contributed by atoms with van der Waals surface area (Å²) >= 11 is 0. The minimum atomic E-state index is -4.68. The van der Waals surface area contributed by atoms with Crippen molar-refractivity contribution in [3.8, 4) is 0 Å². The van der Waals surface area contributed by atoms with Crippen molar-refractivity contribution >= 4 is 26.0 Å². The first-order valence-electron chi connectivity index (χ1n) is 13.9. The van der Waals surface area contributed by atoms with Gasteiger partial charge in [-0.1, -0.05) is 6.92 Å². The lowest BCUT2D eigenvalue weighted by Gasteiger charge is -2.35. The quantitative estimate of drug-likeness (QED) is 0.0746. The molecule has 1 saturated carbocycles. The van der Waals surface area contributed by atoms with Crippen molar-refractivity contribution in [1.29, 1.82) is 0 Å². The first kappa shape index (κ1) is 36.9. The predicted octanol–water partition coefficient (Wildman–Crippen LogP) is 1.29. The summed E-state index contributed by atoms with van der Waals surface area (Å²) in [6, 6.07) is 0. The van der Waals surface area contributed by atoms with E-state index in [9.17, 15) is 23.3 Å². The largest absolute Gasteiger partial charge is 0.510 e. The van der Waals surface area contributed by atoms with Crippen LogP contribution in [0.25, 0.3) is 0 Å². The van der Waals surface area contributed by atoms with Gasteiger partial charge in [-0.05, 0) is 0 Å². The zero-order valence-corrected chi connectivity index (χ0v) is 26.1. The van der Waals surface area contributed by atoms with Crippen LogP contribution in [0, 0.1) is 11.8 Å². The summed E-state index contributed by atoms with van der Waals surface area (Å²) in [6.07, 6.45) is -1.21. The van der Waals surface area contributed by atoms with E-state index < -0.39 is 64.2 Å². The molecule has 0 radical (unpaired) electrons. The second-order valence-corrected chi connectivity index (χ2v) is 11.3. The predicted molar refractivity (Wildman–Crippen MR) is 145 cm³/mol. The molecule has 0 aromatic heterocycles. The summed E-state index contributed by atoms with van der Waals surface area (Å²) in [5, 5.41) is 2.64. The van der Waals surface area contributed by atoms with Crippen molar-refractivity contribution in [2.24, 2.45) is 11.8 Å². The molecule has 1 amide bonds. The first-order valence-corrected chi connectivity index (χ1v) is 15.4. The number of ether oxygens (including phenoxy) is 9. The Bertz CT molecular complexity index is 1000. The number of hydrogen-bond acceptors (Lipinski definition) is 17. The average Bonchev–Trinajstić information content (AvgIpc) is 3.52. The molecule has 2 fully saturated rings. The smallest absolute Gasteiger partial charge is 0.432 e. The summed E-state index contributed by atoms with van der Waals surface area (Å²) in [6.45, 7) is 0.191. The van der Waals surface area contributed by atoms with Crippen molar-refractivity contribution in [2.75, 3.05) is 94.0 Å². The lowest BCUT2D eigenvalue weighted by molar-refractivity contribution is -0.127. The van der Waals surface area contributed by atoms with E-state index >= 15 is 0 Å². The van der Waals surface area contributed by atoms with Gasteiger partial charge in [0.15, 0.2) is 0 Å². The Morgan fingerprint density at radius 3 is 1.98 bits per heavy atom. The summed E-state index contributed by atoms with van der Waals surface area (Å²) in [5.74, 6) is -1.22. The summed E-state index contributed by atoms with van der Waals surface area (Å²) in [7, 11) is -1.66. The molecule has 1 saturated heterocycles. The van der Waals surface area contributed by atoms with Gasteiger partial charge in [-0.25, -0.2) is 27.6 Å². The molecular weight excluding hydrogens is 634 g/mol. The van der Waals surface area contributed by atoms with E-state index in [4.69, 9.17) is 56.2 Å². The van der Waals surface area contributed by atoms with Crippen molar-refractivity contribution in [2.45, 2.75) is 24.9 Å². The lowest BCUT2D eigenvalue weighted by Crippen LogP contribution is -2.47. The zero-order chi connectivity index (χ0) is 32.7. The van der Waals surface area contributed by atoms with E-state index in [0.717, 1.165) is 0 Å². The zero-order valence-electron chi connectivity index (χ0n) is 25.3. The third-order valence-electron chi connectivity index (χ3n) is 6.78. The molecule has 2 aliphatic heterocycles. The van der Waals surface area contributed by atoms with Gasteiger partial charge in [0.2, 0.25) is 19.5 Å². The van der Waals surface area contributed by atoms with Crippen LogP contribution in [-0.2, 0) is 65.6 Å². The third-order valence-corrected chi connectivity index (χ3v) is 8.11. The maximum atomic E-state index is 14.4. The summed E-state index contributed by atoms with van der Waals surface area (Å²) in [5.41, 5.74) is -1.49. The molecule has 1 N–H and O–H groups in total. The van der Waals surface area contributed by atoms with Crippen LogP contribution in [0.2, 0.25) is 0 Å². The number of amides is 1. The Balaban J connectivity index is 1.52. The molecule has 5 unspecified atom stereocenters. The molecule has 0 bridgehead atoms. The Labute approximate surface area is 259 Å². The van der Waals surface area contributed by atoms with E-state index in [2.05, 4.69) is 5.32 Å². The summed E-state index contributed by atoms with van der Waals surface area (Å²) < 4.78 is 88.8. The third kappa shape index (κ3) is 11.0. The van der Waals surface area contributed by atoms with Crippen LogP contribution in [0.4, 0.5) is 14.0 Å². The molecule has 3 rings (SSSR count). The normalized spacial score (nSPS) is 25.4. The lowest BCUT2D eigenvalue weighted by atomic mass is 10.0. The standard InChI is InChI=1S/C25H40FN2O16P/c1-18-20-21(25(20,14-26)43-22(18)28-5-4-19(29)27-15-28)44-45(32,41-16-39-23(30)37-12-10-35-8-6-33-2)42-17-40-24(31)38-13-11-36-9-7-34-3/h4-5,18,20-22H,6-17H2,1-3H3,(H,27,29). The maximum absolute atomic E-state index is 14.4. The van der Waals surface area contributed by atoms with Gasteiger partial charge in [-0.2, -0.15) is 0 Å². The molecule has 1 aliphatic carbocycles. The topological polar surface area (TPSA) is 194 Å². The maximum Gasteiger partial charge on any atom is 0.510 e. The van der Waals surface area contributed by atoms with Crippen LogP contribution in [0.1, 0.15) is 6.92 Å². The number of halogens is 1. The SMILES string of the molecule is COCCOCCOC(=O)OCOP(=O)(OCOC(=O)OCCOCCOC)OC1C2C(C)C(N3C=CC(=O)NC3)OC12CF. The van der Waals surface area contributed by atoms with Gasteiger partial charge in [0, 0.05) is 38.3 Å². The van der Waals surface area contributed by atoms with Gasteiger partial charge >= 0.3 is 20.1 Å². The molecule has 3 aliphatic rings. The van der Waals surface area contributed by atoms with Crippen LogP contribution < -0.4 is 5.32 Å². The molecule has 258 valence electrons.